The van der Waals surface area contributed by atoms with E-state index >= 15 is 0 Å². The maximum absolute atomic E-state index is 13.0. The van der Waals surface area contributed by atoms with Crippen molar-refractivity contribution < 1.29 is 19.5 Å². The lowest BCUT2D eigenvalue weighted by Gasteiger charge is -2.25. The average molecular weight is 396 g/mol. The summed E-state index contributed by atoms with van der Waals surface area (Å²) in [5, 5.41) is 11.8. The molecule has 0 aliphatic heterocycles. The monoisotopic (exact) mass is 396 g/mol. The van der Waals surface area contributed by atoms with Gasteiger partial charge in [0.15, 0.2) is 0 Å². The topological polar surface area (TPSA) is 86.7 Å². The summed E-state index contributed by atoms with van der Waals surface area (Å²) in [6.07, 6.45) is 2.08. The molecule has 2 rings (SSSR count). The molecule has 154 valence electrons. The van der Waals surface area contributed by atoms with Gasteiger partial charge < -0.3 is 10.4 Å². The highest BCUT2D eigenvalue weighted by Crippen LogP contribution is 2.18. The molecule has 0 fully saturated rings. The second-order valence-corrected chi connectivity index (χ2v) is 6.95. The van der Waals surface area contributed by atoms with Crippen molar-refractivity contribution in [2.75, 3.05) is 13.6 Å². The van der Waals surface area contributed by atoms with Crippen molar-refractivity contribution in [3.05, 3.63) is 71.8 Å². The summed E-state index contributed by atoms with van der Waals surface area (Å²) in [6.45, 7) is 0.206. The van der Waals surface area contributed by atoms with Crippen molar-refractivity contribution in [1.82, 2.24) is 10.2 Å². The molecule has 0 aliphatic carbocycles. The Bertz CT molecular complexity index is 793. The number of carbonyl (C=O) groups is 3. The molecule has 1 atom stereocenters. The third kappa shape index (κ3) is 7.41. The zero-order valence-corrected chi connectivity index (χ0v) is 16.7. The second-order valence-electron chi connectivity index (χ2n) is 6.95. The number of benzene rings is 2. The Balaban J connectivity index is 2.04. The van der Waals surface area contributed by atoms with Gasteiger partial charge in [0.05, 0.1) is 6.42 Å². The number of imide groups is 1. The number of nitrogens with one attached hydrogen (secondary N) is 1. The van der Waals surface area contributed by atoms with Crippen LogP contribution in [0.3, 0.4) is 0 Å². The van der Waals surface area contributed by atoms with Gasteiger partial charge in [-0.3, -0.25) is 14.5 Å². The number of hydrogen-bond donors (Lipinski definition) is 2. The van der Waals surface area contributed by atoms with Gasteiger partial charge in [-0.25, -0.2) is 4.79 Å². The Kier molecular flexibility index (Phi) is 8.89. The van der Waals surface area contributed by atoms with Crippen LogP contribution in [0.15, 0.2) is 60.7 Å². The van der Waals surface area contributed by atoms with E-state index in [0.29, 0.717) is 19.3 Å². The van der Waals surface area contributed by atoms with Crippen LogP contribution in [0.1, 0.15) is 30.4 Å². The van der Waals surface area contributed by atoms with Crippen molar-refractivity contribution in [3.63, 3.8) is 0 Å². The average Bonchev–Trinajstić information content (AvgIpc) is 2.74. The molecule has 1 unspecified atom stereocenters. The number of rotatable bonds is 10. The largest absolute Gasteiger partial charge is 0.481 e. The van der Waals surface area contributed by atoms with Gasteiger partial charge in [-0.05, 0) is 36.8 Å². The summed E-state index contributed by atoms with van der Waals surface area (Å²) >= 11 is 0. The third-order valence-electron chi connectivity index (χ3n) is 4.82. The zero-order chi connectivity index (χ0) is 21.1. The maximum atomic E-state index is 13.0. The number of amides is 3. The molecule has 0 heterocycles. The van der Waals surface area contributed by atoms with E-state index in [-0.39, 0.29) is 13.0 Å². The van der Waals surface area contributed by atoms with Gasteiger partial charge in [0.1, 0.15) is 0 Å². The van der Waals surface area contributed by atoms with Crippen LogP contribution < -0.4 is 5.32 Å². The molecular formula is C23H28N2O4. The summed E-state index contributed by atoms with van der Waals surface area (Å²) in [4.78, 5) is 37.8. The number of aryl methyl sites for hydroxylation is 1. The van der Waals surface area contributed by atoms with Gasteiger partial charge in [0, 0.05) is 19.5 Å². The molecule has 0 aromatic heterocycles. The maximum Gasteiger partial charge on any atom is 0.323 e. The van der Waals surface area contributed by atoms with Crippen LogP contribution in [-0.4, -0.2) is 41.5 Å². The number of carbonyl (C=O) groups excluding carboxylic acids is 2. The molecular weight excluding hydrogens is 368 g/mol. The molecule has 0 aliphatic rings. The molecule has 2 N–H and O–H groups in total. The lowest BCUT2D eigenvalue weighted by molar-refractivity contribution is -0.143. The number of carboxylic acids is 1. The van der Waals surface area contributed by atoms with Crippen LogP contribution in [0.25, 0.3) is 0 Å². The van der Waals surface area contributed by atoms with Gasteiger partial charge >= 0.3 is 12.0 Å². The Morgan fingerprint density at radius 3 is 2.00 bits per heavy atom. The minimum atomic E-state index is -1.04. The summed E-state index contributed by atoms with van der Waals surface area (Å²) < 4.78 is 0. The number of urea groups is 1. The minimum absolute atomic E-state index is 0.206. The van der Waals surface area contributed by atoms with Crippen LogP contribution in [0.2, 0.25) is 0 Å². The van der Waals surface area contributed by atoms with Gasteiger partial charge in [-0.2, -0.15) is 0 Å². The summed E-state index contributed by atoms with van der Waals surface area (Å²) in [6, 6.07) is 18.9. The first-order valence-electron chi connectivity index (χ1n) is 9.84. The van der Waals surface area contributed by atoms with E-state index in [0.717, 1.165) is 22.4 Å². The Morgan fingerprint density at radius 2 is 1.48 bits per heavy atom. The Morgan fingerprint density at radius 1 is 0.931 bits per heavy atom. The summed E-state index contributed by atoms with van der Waals surface area (Å²) in [7, 11) is 1.47. The fourth-order valence-corrected chi connectivity index (χ4v) is 3.27. The highest BCUT2D eigenvalue weighted by Gasteiger charge is 2.29. The van der Waals surface area contributed by atoms with Crippen molar-refractivity contribution in [2.45, 2.75) is 32.1 Å². The van der Waals surface area contributed by atoms with Gasteiger partial charge in [-0.15, -0.1) is 0 Å². The van der Waals surface area contributed by atoms with E-state index in [2.05, 4.69) is 5.32 Å². The first-order chi connectivity index (χ1) is 14.0. The molecule has 2 aromatic carbocycles. The van der Waals surface area contributed by atoms with Crippen molar-refractivity contribution >= 4 is 17.9 Å². The second kappa shape index (κ2) is 11.6. The lowest BCUT2D eigenvalue weighted by Crippen LogP contribution is -2.46. The van der Waals surface area contributed by atoms with E-state index in [9.17, 15) is 19.5 Å². The van der Waals surface area contributed by atoms with E-state index in [1.54, 1.807) is 0 Å². The van der Waals surface area contributed by atoms with E-state index in [1.807, 2.05) is 60.7 Å². The van der Waals surface area contributed by atoms with Gasteiger partial charge in [-0.1, -0.05) is 60.7 Å². The zero-order valence-electron chi connectivity index (χ0n) is 16.7. The first-order valence-corrected chi connectivity index (χ1v) is 9.84. The van der Waals surface area contributed by atoms with Crippen LogP contribution in [-0.2, 0) is 22.4 Å². The predicted octanol–water partition coefficient (Wildman–Crippen LogP) is 3.51. The highest BCUT2D eigenvalue weighted by molar-refractivity contribution is 5.96. The molecule has 0 spiro atoms. The number of carboxylic acid groups (broad SMARTS) is 1. The molecule has 6 heteroatoms. The van der Waals surface area contributed by atoms with Crippen molar-refractivity contribution in [3.8, 4) is 0 Å². The van der Waals surface area contributed by atoms with Crippen molar-refractivity contribution in [1.29, 1.82) is 0 Å². The predicted molar refractivity (Wildman–Crippen MR) is 111 cm³/mol. The molecule has 3 amide bonds. The summed E-state index contributed by atoms with van der Waals surface area (Å²) in [5.41, 5.74) is 2.15. The smallest absolute Gasteiger partial charge is 0.323 e. The Hall–Kier alpha value is -3.15. The lowest BCUT2D eigenvalue weighted by atomic mass is 9.95. The van der Waals surface area contributed by atoms with E-state index in [1.165, 1.54) is 7.05 Å². The fourth-order valence-electron chi connectivity index (χ4n) is 3.27. The number of nitrogens with zero attached hydrogens (tertiary/aromatic N) is 1. The number of aliphatic carboxylic acids is 1. The van der Waals surface area contributed by atoms with Crippen LogP contribution >= 0.6 is 0 Å². The van der Waals surface area contributed by atoms with E-state index < -0.39 is 23.8 Å². The molecule has 0 radical (unpaired) electrons. The van der Waals surface area contributed by atoms with Crippen molar-refractivity contribution in [2.24, 2.45) is 5.92 Å². The number of hydrogen-bond acceptors (Lipinski definition) is 3. The highest BCUT2D eigenvalue weighted by atomic mass is 16.4. The van der Waals surface area contributed by atoms with Crippen LogP contribution in [0.4, 0.5) is 4.79 Å². The molecule has 6 nitrogen and oxygen atoms in total. The molecule has 0 bridgehead atoms. The first kappa shape index (κ1) is 22.1. The molecule has 0 saturated heterocycles. The van der Waals surface area contributed by atoms with Gasteiger partial charge in [0.25, 0.3) is 0 Å². The SMILES string of the molecule is CNC(=O)N(CCc1ccccc1)C(=O)C(CCCc1ccccc1)CC(=O)O. The standard InChI is InChI=1S/C23H28N2O4/c1-24-23(29)25(16-15-19-11-6-3-7-12-19)22(28)20(17-21(26)27)14-8-13-18-9-4-2-5-10-18/h2-7,9-12,20H,8,13-17H2,1H3,(H,24,29)(H,26,27). The molecule has 29 heavy (non-hydrogen) atoms. The van der Waals surface area contributed by atoms with Gasteiger partial charge in [0.2, 0.25) is 5.91 Å². The molecule has 0 saturated carbocycles. The minimum Gasteiger partial charge on any atom is -0.481 e. The van der Waals surface area contributed by atoms with Crippen LogP contribution in [0, 0.1) is 5.92 Å². The normalized spacial score (nSPS) is 11.5. The quantitative estimate of drug-likeness (QED) is 0.643. The van der Waals surface area contributed by atoms with Crippen LogP contribution in [0.5, 0.6) is 0 Å². The Labute approximate surface area is 171 Å². The summed E-state index contributed by atoms with van der Waals surface area (Å²) in [5.74, 6) is -2.21. The van der Waals surface area contributed by atoms with E-state index in [4.69, 9.17) is 0 Å². The third-order valence-corrected chi connectivity index (χ3v) is 4.82. The fraction of sp³-hybridized carbons (Fsp3) is 0.348. The molecule has 2 aromatic rings.